The lowest BCUT2D eigenvalue weighted by Crippen LogP contribution is -2.60. The number of carbonyl (C=O) groups excluding carboxylic acids is 1. The predicted molar refractivity (Wildman–Crippen MR) is 144 cm³/mol. The molecule has 13 heteroatoms. The fourth-order valence-corrected chi connectivity index (χ4v) is 4.94. The van der Waals surface area contributed by atoms with Crippen molar-refractivity contribution in [3.8, 4) is 22.8 Å². The topological polar surface area (TPSA) is 131 Å². The van der Waals surface area contributed by atoms with E-state index in [1.54, 1.807) is 11.8 Å². The van der Waals surface area contributed by atoms with Gasteiger partial charge >= 0.3 is 0 Å². The van der Waals surface area contributed by atoms with E-state index in [4.69, 9.17) is 14.2 Å². The molecule has 2 aliphatic heterocycles. The van der Waals surface area contributed by atoms with Crippen LogP contribution in [0.1, 0.15) is 13.3 Å². The molecule has 1 aromatic carbocycles. The zero-order valence-electron chi connectivity index (χ0n) is 22.3. The van der Waals surface area contributed by atoms with Crippen molar-refractivity contribution < 1.29 is 32.9 Å². The van der Waals surface area contributed by atoms with Gasteiger partial charge in [0.2, 0.25) is 11.9 Å². The molecule has 0 aliphatic carbocycles. The highest BCUT2D eigenvalue weighted by atomic mass is 19.1. The lowest BCUT2D eigenvalue weighted by atomic mass is 9.96. The Hall–Kier alpha value is -4.10. The summed E-state index contributed by atoms with van der Waals surface area (Å²) in [6.45, 7) is 6.48. The fourth-order valence-electron chi connectivity index (χ4n) is 4.94. The van der Waals surface area contributed by atoms with Gasteiger partial charge in [0.05, 0.1) is 49.8 Å². The average molecular weight is 557 g/mol. The molecule has 0 unspecified atom stereocenters. The SMILES string of the molecule is C=CC(=O)N[C@H]1CCOC[C@H]1Nc1ncc2cc(-c3c(F)c(OC)cc(OC)c3F)nc(N3CC(C)(O)C3)c2n1. The summed E-state index contributed by atoms with van der Waals surface area (Å²) >= 11 is 0. The molecule has 0 spiro atoms. The highest BCUT2D eigenvalue weighted by molar-refractivity contribution is 5.93. The van der Waals surface area contributed by atoms with E-state index in [2.05, 4.69) is 32.2 Å². The molecule has 212 valence electrons. The van der Waals surface area contributed by atoms with Crippen molar-refractivity contribution in [2.45, 2.75) is 31.0 Å². The molecule has 3 N–H and O–H groups in total. The van der Waals surface area contributed by atoms with Gasteiger partial charge in [0.15, 0.2) is 29.0 Å². The van der Waals surface area contributed by atoms with E-state index in [1.807, 2.05) is 0 Å². The predicted octanol–water partition coefficient (Wildman–Crippen LogP) is 2.43. The number of anilines is 2. The van der Waals surface area contributed by atoms with Gasteiger partial charge in [0, 0.05) is 37.3 Å². The first kappa shape index (κ1) is 27.5. The van der Waals surface area contributed by atoms with Crippen LogP contribution in [-0.2, 0) is 9.53 Å². The van der Waals surface area contributed by atoms with Crippen LogP contribution in [0.15, 0.2) is 31.0 Å². The largest absolute Gasteiger partial charge is 0.494 e. The van der Waals surface area contributed by atoms with E-state index in [0.717, 1.165) is 6.07 Å². The molecule has 0 bridgehead atoms. The standard InChI is InChI=1S/C27H30F2N6O5/c1-5-20(36)31-15-6-7-40-11-17(15)33-26-30-10-14-8-16(21-22(28)18(38-3)9-19(39-4)23(21)29)32-25(24(14)34-26)35-12-27(2,37)13-35/h5,8-10,15,17,37H,1,6-7,11-13H2,2-4H3,(H,31,36)(H,30,33,34)/t15-,17+/m0/s1. The van der Waals surface area contributed by atoms with Gasteiger partial charge in [-0.05, 0) is 25.5 Å². The molecule has 0 radical (unpaired) electrons. The molecule has 40 heavy (non-hydrogen) atoms. The number of rotatable bonds is 8. The molecular weight excluding hydrogens is 526 g/mol. The maximum Gasteiger partial charge on any atom is 0.243 e. The first-order valence-corrected chi connectivity index (χ1v) is 12.7. The van der Waals surface area contributed by atoms with Crippen molar-refractivity contribution in [2.75, 3.05) is 50.7 Å². The van der Waals surface area contributed by atoms with E-state index in [0.29, 0.717) is 36.4 Å². The van der Waals surface area contributed by atoms with Crippen LogP contribution in [-0.4, -0.2) is 84.2 Å². The minimum absolute atomic E-state index is 0.0153. The van der Waals surface area contributed by atoms with E-state index < -0.39 is 22.8 Å². The smallest absolute Gasteiger partial charge is 0.243 e. The third-order valence-electron chi connectivity index (χ3n) is 6.92. The summed E-state index contributed by atoms with van der Waals surface area (Å²) in [4.78, 5) is 27.4. The highest BCUT2D eigenvalue weighted by Gasteiger charge is 2.39. The number of ether oxygens (including phenoxy) is 3. The maximum atomic E-state index is 15.4. The third kappa shape index (κ3) is 5.21. The normalized spacial score (nSPS) is 20.0. The number of fused-ring (bicyclic) bond motifs is 1. The van der Waals surface area contributed by atoms with Crippen molar-refractivity contribution in [2.24, 2.45) is 0 Å². The number of nitrogens with one attached hydrogen (secondary N) is 2. The summed E-state index contributed by atoms with van der Waals surface area (Å²) in [6, 6.07) is 2.06. The van der Waals surface area contributed by atoms with Gasteiger partial charge < -0.3 is 34.9 Å². The van der Waals surface area contributed by atoms with Crippen LogP contribution < -0.4 is 25.0 Å². The Morgan fingerprint density at radius 2 is 1.90 bits per heavy atom. The van der Waals surface area contributed by atoms with Crippen molar-refractivity contribution in [1.82, 2.24) is 20.3 Å². The summed E-state index contributed by atoms with van der Waals surface area (Å²) in [5.41, 5.74) is -0.979. The number of pyridine rings is 1. The lowest BCUT2D eigenvalue weighted by molar-refractivity contribution is -0.117. The van der Waals surface area contributed by atoms with Crippen molar-refractivity contribution in [3.63, 3.8) is 0 Å². The molecule has 2 aromatic heterocycles. The van der Waals surface area contributed by atoms with Crippen LogP contribution in [0, 0.1) is 11.6 Å². The van der Waals surface area contributed by atoms with Crippen molar-refractivity contribution in [1.29, 1.82) is 0 Å². The lowest BCUT2D eigenvalue weighted by Gasteiger charge is -2.45. The van der Waals surface area contributed by atoms with Crippen LogP contribution in [0.2, 0.25) is 0 Å². The number of nitrogens with zero attached hydrogens (tertiary/aromatic N) is 4. The Kier molecular flexibility index (Phi) is 7.43. The molecule has 2 saturated heterocycles. The summed E-state index contributed by atoms with van der Waals surface area (Å²) in [6.07, 6.45) is 3.32. The van der Waals surface area contributed by atoms with Crippen LogP contribution in [0.25, 0.3) is 22.2 Å². The Labute approximate surface area is 229 Å². The molecule has 11 nitrogen and oxygen atoms in total. The van der Waals surface area contributed by atoms with E-state index in [-0.39, 0.29) is 54.2 Å². The van der Waals surface area contributed by atoms with Gasteiger partial charge in [-0.1, -0.05) is 6.58 Å². The maximum absolute atomic E-state index is 15.4. The fraction of sp³-hybridized carbons (Fsp3) is 0.407. The van der Waals surface area contributed by atoms with Gasteiger partial charge in [0.25, 0.3) is 0 Å². The Bertz CT molecular complexity index is 1430. The quantitative estimate of drug-likeness (QED) is 0.356. The van der Waals surface area contributed by atoms with Crippen LogP contribution in [0.3, 0.4) is 0 Å². The second-order valence-corrected chi connectivity index (χ2v) is 10.0. The second kappa shape index (κ2) is 10.8. The van der Waals surface area contributed by atoms with Gasteiger partial charge in [-0.2, -0.15) is 0 Å². The van der Waals surface area contributed by atoms with Crippen LogP contribution in [0.5, 0.6) is 11.5 Å². The van der Waals surface area contributed by atoms with Crippen molar-refractivity contribution in [3.05, 3.63) is 42.6 Å². The molecule has 2 aliphatic rings. The molecule has 1 amide bonds. The molecule has 4 heterocycles. The minimum Gasteiger partial charge on any atom is -0.494 e. The molecule has 2 fully saturated rings. The van der Waals surface area contributed by atoms with Crippen molar-refractivity contribution >= 4 is 28.6 Å². The molecule has 2 atom stereocenters. The number of aromatic nitrogens is 3. The van der Waals surface area contributed by atoms with E-state index in [9.17, 15) is 9.90 Å². The number of amides is 1. The van der Waals surface area contributed by atoms with Gasteiger partial charge in [-0.3, -0.25) is 4.79 Å². The number of benzene rings is 1. The van der Waals surface area contributed by atoms with Gasteiger partial charge in [-0.25, -0.2) is 23.7 Å². The number of methoxy groups -OCH3 is 2. The average Bonchev–Trinajstić information content (AvgIpc) is 2.92. The van der Waals surface area contributed by atoms with Gasteiger partial charge in [-0.15, -0.1) is 0 Å². The Morgan fingerprint density at radius 3 is 2.52 bits per heavy atom. The molecular formula is C27H30F2N6O5. The summed E-state index contributed by atoms with van der Waals surface area (Å²) in [7, 11) is 2.54. The summed E-state index contributed by atoms with van der Waals surface area (Å²) in [5.74, 6) is -1.99. The van der Waals surface area contributed by atoms with Gasteiger partial charge in [0.1, 0.15) is 5.52 Å². The molecule has 3 aromatic rings. The highest BCUT2D eigenvalue weighted by Crippen LogP contribution is 2.40. The monoisotopic (exact) mass is 556 g/mol. The summed E-state index contributed by atoms with van der Waals surface area (Å²) in [5, 5.41) is 17.0. The molecule has 0 saturated carbocycles. The number of carbonyl (C=O) groups is 1. The number of β-amino-alcohol motifs (C(OH)–C–C–N with tert-alkyl or cyclic N) is 1. The number of hydrogen-bond donors (Lipinski definition) is 3. The zero-order valence-corrected chi connectivity index (χ0v) is 22.3. The first-order valence-electron chi connectivity index (χ1n) is 12.7. The minimum atomic E-state index is -0.955. The second-order valence-electron chi connectivity index (χ2n) is 10.0. The summed E-state index contributed by atoms with van der Waals surface area (Å²) < 4.78 is 46.5. The Morgan fingerprint density at radius 1 is 1.20 bits per heavy atom. The van der Waals surface area contributed by atoms with Crippen LogP contribution in [0.4, 0.5) is 20.5 Å². The van der Waals surface area contributed by atoms with E-state index >= 15 is 8.78 Å². The first-order chi connectivity index (χ1) is 19.1. The van der Waals surface area contributed by atoms with E-state index in [1.165, 1.54) is 32.6 Å². The number of halogens is 2. The third-order valence-corrected chi connectivity index (χ3v) is 6.92. The number of aliphatic hydroxyl groups is 1. The Balaban J connectivity index is 1.58. The number of hydrogen-bond acceptors (Lipinski definition) is 10. The van der Waals surface area contributed by atoms with Crippen LogP contribution >= 0.6 is 0 Å². The zero-order chi connectivity index (χ0) is 28.6. The molecule has 5 rings (SSSR count).